The Labute approximate surface area is 340 Å². The van der Waals surface area contributed by atoms with Crippen LogP contribution in [0, 0.1) is 5.41 Å². The lowest BCUT2D eigenvalue weighted by Gasteiger charge is -2.27. The van der Waals surface area contributed by atoms with E-state index < -0.39 is 0 Å². The highest BCUT2D eigenvalue weighted by Crippen LogP contribution is 2.45. The van der Waals surface area contributed by atoms with Gasteiger partial charge in [0.25, 0.3) is 0 Å². The lowest BCUT2D eigenvalue weighted by atomic mass is 9.77. The van der Waals surface area contributed by atoms with Crippen LogP contribution in [-0.4, -0.2) is 0 Å². The zero-order valence-corrected chi connectivity index (χ0v) is 38.0. The van der Waals surface area contributed by atoms with Crippen molar-refractivity contribution in [2.24, 2.45) is 5.41 Å². The van der Waals surface area contributed by atoms with Crippen LogP contribution in [0.4, 0.5) is 0 Å². The standard InChI is InChI=1S/C15H22.C14H22.2C13H18/c1-15(2,3)14-11-7-6-10-13(14)12-8-4-5-9-12;1-6-11-9-8-10-12(7-2)13(11)14(3,4)5;1-13(2,3)12-7-5-4-6-11(12)10-8-9-10;1-13(2,3)12-9-8-10-6-4-5-7-11(10)12/h6-7,10-12H,4-5,8-9H2,1-3H3;8-10H,6-7H2,1-5H3;4-7,10H,8-9H2,1-3H3;4-7,12H,8-9H2,1-3H3. The molecule has 55 heavy (non-hydrogen) atoms. The Morgan fingerprint density at radius 3 is 1.25 bits per heavy atom. The van der Waals surface area contributed by atoms with E-state index in [0.29, 0.717) is 16.2 Å². The number of fused-ring (bicyclic) bond motifs is 1. The van der Waals surface area contributed by atoms with Gasteiger partial charge >= 0.3 is 0 Å². The molecule has 300 valence electrons. The van der Waals surface area contributed by atoms with Crippen molar-refractivity contribution >= 4 is 0 Å². The molecule has 0 heteroatoms. The summed E-state index contributed by atoms with van der Waals surface area (Å²) in [5.74, 6) is 2.47. The van der Waals surface area contributed by atoms with Gasteiger partial charge < -0.3 is 0 Å². The first kappa shape index (κ1) is 44.6. The van der Waals surface area contributed by atoms with E-state index in [9.17, 15) is 0 Å². The summed E-state index contributed by atoms with van der Waals surface area (Å²) in [7, 11) is 0. The third-order valence-electron chi connectivity index (χ3n) is 12.3. The van der Waals surface area contributed by atoms with Gasteiger partial charge in [0.05, 0.1) is 0 Å². The molecule has 7 rings (SSSR count). The highest BCUT2D eigenvalue weighted by atomic mass is 14.4. The largest absolute Gasteiger partial charge is 0.0620 e. The minimum atomic E-state index is 0.276. The molecule has 0 amide bonds. The highest BCUT2D eigenvalue weighted by Gasteiger charge is 2.32. The van der Waals surface area contributed by atoms with Gasteiger partial charge in [-0.05, 0) is 141 Å². The Balaban J connectivity index is 0.000000163. The number of hydrogen-bond donors (Lipinski definition) is 0. The van der Waals surface area contributed by atoms with Crippen molar-refractivity contribution in [3.63, 3.8) is 0 Å². The highest BCUT2D eigenvalue weighted by molar-refractivity contribution is 5.41. The smallest absolute Gasteiger partial charge is 0.0107 e. The second-order valence-electron chi connectivity index (χ2n) is 21.0. The lowest BCUT2D eigenvalue weighted by molar-refractivity contribution is 0.319. The molecule has 3 aliphatic rings. The Morgan fingerprint density at radius 2 is 0.855 bits per heavy atom. The van der Waals surface area contributed by atoms with Gasteiger partial charge in [-0.15, -0.1) is 0 Å². The van der Waals surface area contributed by atoms with Gasteiger partial charge in [-0.3, -0.25) is 0 Å². The van der Waals surface area contributed by atoms with Gasteiger partial charge in [-0.25, -0.2) is 0 Å². The fraction of sp³-hybridized carbons (Fsp3) is 0.564. The van der Waals surface area contributed by atoms with Crippen LogP contribution in [0.3, 0.4) is 0 Å². The molecule has 0 saturated heterocycles. The summed E-state index contributed by atoms with van der Waals surface area (Å²) in [4.78, 5) is 0. The maximum Gasteiger partial charge on any atom is -0.0107 e. The minimum Gasteiger partial charge on any atom is -0.0620 e. The number of hydrogen-bond acceptors (Lipinski definition) is 0. The topological polar surface area (TPSA) is 0 Å². The van der Waals surface area contributed by atoms with Crippen LogP contribution in [0.1, 0.15) is 210 Å². The van der Waals surface area contributed by atoms with Crippen LogP contribution in [0.25, 0.3) is 0 Å². The molecule has 2 saturated carbocycles. The van der Waals surface area contributed by atoms with Crippen molar-refractivity contribution in [2.45, 2.75) is 195 Å². The van der Waals surface area contributed by atoms with Crippen LogP contribution in [0.5, 0.6) is 0 Å². The fourth-order valence-electron chi connectivity index (χ4n) is 9.37. The minimum absolute atomic E-state index is 0.276. The molecule has 0 nitrogen and oxygen atoms in total. The summed E-state index contributed by atoms with van der Waals surface area (Å²) in [5, 5.41) is 0. The molecule has 3 aliphatic carbocycles. The van der Waals surface area contributed by atoms with E-state index in [-0.39, 0.29) is 5.41 Å². The summed E-state index contributed by atoms with van der Waals surface area (Å²) in [6.07, 6.45) is 13.3. The van der Waals surface area contributed by atoms with Crippen LogP contribution >= 0.6 is 0 Å². The molecule has 0 spiro atoms. The Morgan fingerprint density at radius 1 is 0.436 bits per heavy atom. The van der Waals surface area contributed by atoms with Crippen LogP contribution in [0.15, 0.2) is 91.0 Å². The van der Waals surface area contributed by atoms with E-state index in [1.165, 1.54) is 68.1 Å². The first-order chi connectivity index (χ1) is 25.8. The first-order valence-electron chi connectivity index (χ1n) is 22.1. The average Bonchev–Trinajstić information content (AvgIpc) is 3.64. The van der Waals surface area contributed by atoms with E-state index in [4.69, 9.17) is 0 Å². The molecule has 0 aromatic heterocycles. The Kier molecular flexibility index (Phi) is 15.3. The molecule has 0 aliphatic heterocycles. The number of benzene rings is 4. The van der Waals surface area contributed by atoms with E-state index in [1.807, 2.05) is 0 Å². The molecular weight excluding hydrogens is 661 g/mol. The third-order valence-corrected chi connectivity index (χ3v) is 12.3. The summed E-state index contributed by atoms with van der Waals surface area (Å²) in [6.45, 7) is 32.3. The van der Waals surface area contributed by atoms with Gasteiger partial charge in [-0.1, -0.05) is 201 Å². The van der Waals surface area contributed by atoms with Gasteiger partial charge in [-0.2, -0.15) is 0 Å². The summed E-state index contributed by atoms with van der Waals surface area (Å²) < 4.78 is 0. The zero-order chi connectivity index (χ0) is 40.6. The SMILES string of the molecule is CC(C)(C)C1CCc2ccccc21.CC(C)(C)c1ccccc1C1CC1.CC(C)(C)c1ccccc1C1CCCC1.CCc1cccc(CC)c1C(C)(C)C. The average molecular weight is 741 g/mol. The number of aryl methyl sites for hydroxylation is 3. The van der Waals surface area contributed by atoms with Crippen LogP contribution in [-0.2, 0) is 35.5 Å². The lowest BCUT2D eigenvalue weighted by Crippen LogP contribution is -2.16. The molecule has 0 radical (unpaired) electrons. The van der Waals surface area contributed by atoms with Crippen molar-refractivity contribution in [3.8, 4) is 0 Å². The van der Waals surface area contributed by atoms with Crippen molar-refractivity contribution in [1.29, 1.82) is 0 Å². The maximum atomic E-state index is 2.35. The van der Waals surface area contributed by atoms with Crippen molar-refractivity contribution in [2.75, 3.05) is 0 Å². The van der Waals surface area contributed by atoms with Crippen molar-refractivity contribution < 1.29 is 0 Å². The van der Waals surface area contributed by atoms with E-state index >= 15 is 0 Å². The van der Waals surface area contributed by atoms with Crippen LogP contribution < -0.4 is 0 Å². The molecule has 4 aromatic rings. The van der Waals surface area contributed by atoms with Gasteiger partial charge in [0.1, 0.15) is 0 Å². The molecule has 0 heterocycles. The van der Waals surface area contributed by atoms with E-state index in [1.54, 1.807) is 33.4 Å². The van der Waals surface area contributed by atoms with E-state index in [0.717, 1.165) is 30.6 Å². The van der Waals surface area contributed by atoms with Gasteiger partial charge in [0.15, 0.2) is 0 Å². The first-order valence-corrected chi connectivity index (χ1v) is 22.1. The van der Waals surface area contributed by atoms with Crippen LogP contribution in [0.2, 0.25) is 0 Å². The van der Waals surface area contributed by atoms with Crippen molar-refractivity contribution in [3.05, 3.63) is 141 Å². The second kappa shape index (κ2) is 18.9. The summed E-state index contributed by atoms with van der Waals surface area (Å²) in [5.41, 5.74) is 15.3. The monoisotopic (exact) mass is 741 g/mol. The predicted molar refractivity (Wildman–Crippen MR) is 244 cm³/mol. The summed E-state index contributed by atoms with van der Waals surface area (Å²) >= 11 is 0. The maximum absolute atomic E-state index is 2.35. The third kappa shape index (κ3) is 12.4. The second-order valence-corrected chi connectivity index (χ2v) is 21.0. The molecular formula is C55H80. The van der Waals surface area contributed by atoms with Gasteiger partial charge in [0, 0.05) is 0 Å². The fourth-order valence-corrected chi connectivity index (χ4v) is 9.37. The quantitative estimate of drug-likeness (QED) is 0.195. The zero-order valence-electron chi connectivity index (χ0n) is 38.0. The normalized spacial score (nSPS) is 17.2. The van der Waals surface area contributed by atoms with Gasteiger partial charge in [0.2, 0.25) is 0 Å². The Hall–Kier alpha value is -3.12. The molecule has 0 N–H and O–H groups in total. The molecule has 4 aromatic carbocycles. The predicted octanol–water partition coefficient (Wildman–Crippen LogP) is 16.4. The molecule has 2 fully saturated rings. The number of rotatable bonds is 4. The molecule has 1 atom stereocenters. The van der Waals surface area contributed by atoms with E-state index in [2.05, 4.69) is 188 Å². The molecule has 0 bridgehead atoms. The summed E-state index contributed by atoms with van der Waals surface area (Å²) in [6, 6.07) is 33.6. The molecule has 1 unspecified atom stereocenters. The van der Waals surface area contributed by atoms with Crippen molar-refractivity contribution in [1.82, 2.24) is 0 Å². The Bertz CT molecular complexity index is 1740.